The lowest BCUT2D eigenvalue weighted by Crippen LogP contribution is -2.12. The van der Waals surface area contributed by atoms with E-state index in [0.29, 0.717) is 24.6 Å². The lowest BCUT2D eigenvalue weighted by atomic mass is 10.1. The average molecular weight is 514 g/mol. The van der Waals surface area contributed by atoms with Crippen molar-refractivity contribution in [3.8, 4) is 23.1 Å². The van der Waals surface area contributed by atoms with Crippen LogP contribution in [0.5, 0.6) is 6.01 Å². The number of anilines is 1. The maximum atomic E-state index is 13.4. The molecule has 0 fully saturated rings. The zero-order chi connectivity index (χ0) is 26.4. The van der Waals surface area contributed by atoms with Gasteiger partial charge in [-0.2, -0.15) is 18.2 Å². The number of nitrogens with zero attached hydrogens (tertiary/aromatic N) is 3. The number of carbonyl (C=O) groups is 1. The molecule has 0 radical (unpaired) electrons. The number of hydrogen-bond donors (Lipinski definition) is 1. The summed E-state index contributed by atoms with van der Waals surface area (Å²) in [4.78, 5) is 16.7. The van der Waals surface area contributed by atoms with E-state index in [-0.39, 0.29) is 29.6 Å². The second-order valence-corrected chi connectivity index (χ2v) is 7.77. The number of halogens is 4. The molecule has 192 valence electrons. The van der Waals surface area contributed by atoms with Gasteiger partial charge in [-0.15, -0.1) is 5.10 Å². The summed E-state index contributed by atoms with van der Waals surface area (Å²) in [5, 5.41) is 6.98. The second kappa shape index (κ2) is 11.2. The standard InChI is InChI=1S/C26H22F4N4O3/c1-2-36-13-14-37-25-32-23(17-5-3-7-19(15-17)26(28,29)30)34(33-25)22-11-9-21(10-12-22)31-24(35)18-6-4-8-20(27)16-18/h3-12,15-16H,2,13-14H2,1H3,(H,31,35). The number of rotatable bonds is 9. The fourth-order valence-electron chi connectivity index (χ4n) is 3.41. The van der Waals surface area contributed by atoms with Gasteiger partial charge in [0.25, 0.3) is 5.91 Å². The van der Waals surface area contributed by atoms with Gasteiger partial charge in [0.1, 0.15) is 12.4 Å². The van der Waals surface area contributed by atoms with Crippen LogP contribution in [-0.2, 0) is 10.9 Å². The topological polar surface area (TPSA) is 78.3 Å². The highest BCUT2D eigenvalue weighted by atomic mass is 19.4. The Labute approximate surface area is 209 Å². The Bertz CT molecular complexity index is 1370. The summed E-state index contributed by atoms with van der Waals surface area (Å²) in [5.74, 6) is -0.896. The van der Waals surface area contributed by atoms with Crippen LogP contribution in [0, 0.1) is 5.82 Å². The number of ether oxygens (including phenoxy) is 2. The Morgan fingerprint density at radius 1 is 1.00 bits per heavy atom. The molecule has 0 bridgehead atoms. The van der Waals surface area contributed by atoms with E-state index in [1.807, 2.05) is 6.92 Å². The monoisotopic (exact) mass is 514 g/mol. The van der Waals surface area contributed by atoms with Crippen LogP contribution < -0.4 is 10.1 Å². The Balaban J connectivity index is 1.62. The third-order valence-corrected chi connectivity index (χ3v) is 5.16. The van der Waals surface area contributed by atoms with Crippen molar-refractivity contribution in [3.05, 3.63) is 89.7 Å². The van der Waals surface area contributed by atoms with Gasteiger partial charge >= 0.3 is 12.2 Å². The lowest BCUT2D eigenvalue weighted by molar-refractivity contribution is -0.137. The van der Waals surface area contributed by atoms with Gasteiger partial charge in [0, 0.05) is 23.4 Å². The number of amides is 1. The lowest BCUT2D eigenvalue weighted by Gasteiger charge is -2.10. The Kier molecular flexibility index (Phi) is 7.83. The van der Waals surface area contributed by atoms with Crippen molar-refractivity contribution in [3.63, 3.8) is 0 Å². The van der Waals surface area contributed by atoms with E-state index >= 15 is 0 Å². The molecule has 1 heterocycles. The van der Waals surface area contributed by atoms with E-state index in [0.717, 1.165) is 18.2 Å². The number of alkyl halides is 3. The minimum atomic E-state index is -4.53. The molecule has 7 nitrogen and oxygen atoms in total. The summed E-state index contributed by atoms with van der Waals surface area (Å²) in [5.41, 5.74) is 0.399. The highest BCUT2D eigenvalue weighted by Gasteiger charge is 2.31. The minimum Gasteiger partial charge on any atom is -0.460 e. The van der Waals surface area contributed by atoms with Gasteiger partial charge in [0.05, 0.1) is 17.9 Å². The highest BCUT2D eigenvalue weighted by Crippen LogP contribution is 2.33. The fraction of sp³-hybridized carbons (Fsp3) is 0.192. The van der Waals surface area contributed by atoms with Crippen LogP contribution in [0.15, 0.2) is 72.8 Å². The van der Waals surface area contributed by atoms with Crippen molar-refractivity contribution in [2.24, 2.45) is 0 Å². The third-order valence-electron chi connectivity index (χ3n) is 5.16. The SMILES string of the molecule is CCOCCOc1nc(-c2cccc(C(F)(F)F)c2)n(-c2ccc(NC(=O)c3cccc(F)c3)cc2)n1. The molecule has 1 aromatic heterocycles. The molecule has 1 N–H and O–H groups in total. The van der Waals surface area contributed by atoms with Crippen LogP contribution in [0.4, 0.5) is 23.2 Å². The molecule has 0 aliphatic rings. The molecule has 0 saturated heterocycles. The molecular weight excluding hydrogens is 492 g/mol. The van der Waals surface area contributed by atoms with E-state index in [1.165, 1.54) is 35.0 Å². The number of nitrogens with one attached hydrogen (secondary N) is 1. The van der Waals surface area contributed by atoms with Crippen LogP contribution in [0.25, 0.3) is 17.1 Å². The van der Waals surface area contributed by atoms with E-state index in [1.54, 1.807) is 24.3 Å². The number of carbonyl (C=O) groups excluding carboxylic acids is 1. The van der Waals surface area contributed by atoms with E-state index in [9.17, 15) is 22.4 Å². The van der Waals surface area contributed by atoms with Gasteiger partial charge in [-0.05, 0) is 61.5 Å². The minimum absolute atomic E-state index is 0.0319. The van der Waals surface area contributed by atoms with Crippen LogP contribution in [0.1, 0.15) is 22.8 Å². The summed E-state index contributed by atoms with van der Waals surface area (Å²) >= 11 is 0. The summed E-state index contributed by atoms with van der Waals surface area (Å²) < 4.78 is 65.5. The summed E-state index contributed by atoms with van der Waals surface area (Å²) in [7, 11) is 0. The first-order valence-electron chi connectivity index (χ1n) is 11.3. The number of hydrogen-bond acceptors (Lipinski definition) is 5. The molecular formula is C26H22F4N4O3. The largest absolute Gasteiger partial charge is 0.460 e. The molecule has 0 aliphatic heterocycles. The number of aromatic nitrogens is 3. The Morgan fingerprint density at radius 2 is 1.76 bits per heavy atom. The van der Waals surface area contributed by atoms with E-state index < -0.39 is 23.5 Å². The predicted molar refractivity (Wildman–Crippen MR) is 128 cm³/mol. The summed E-state index contributed by atoms with van der Waals surface area (Å²) in [6.07, 6.45) is -4.53. The van der Waals surface area contributed by atoms with Gasteiger partial charge in [-0.1, -0.05) is 18.2 Å². The molecule has 0 atom stereocenters. The maximum Gasteiger partial charge on any atom is 0.416 e. The van der Waals surface area contributed by atoms with E-state index in [4.69, 9.17) is 9.47 Å². The molecule has 0 spiro atoms. The molecule has 1 amide bonds. The quantitative estimate of drug-likeness (QED) is 0.227. The van der Waals surface area contributed by atoms with E-state index in [2.05, 4.69) is 15.4 Å². The molecule has 4 aromatic rings. The van der Waals surface area contributed by atoms with Crippen LogP contribution in [0.2, 0.25) is 0 Å². The zero-order valence-electron chi connectivity index (χ0n) is 19.6. The van der Waals surface area contributed by atoms with Gasteiger partial charge in [-0.25, -0.2) is 9.07 Å². The first kappa shape index (κ1) is 25.8. The smallest absolute Gasteiger partial charge is 0.416 e. The molecule has 0 aliphatic carbocycles. The maximum absolute atomic E-state index is 13.4. The van der Waals surface area contributed by atoms with Crippen molar-refractivity contribution in [1.82, 2.24) is 14.8 Å². The molecule has 11 heteroatoms. The second-order valence-electron chi connectivity index (χ2n) is 7.77. The summed E-state index contributed by atoms with van der Waals surface area (Å²) in [6.45, 7) is 2.79. The average Bonchev–Trinajstić information content (AvgIpc) is 3.31. The molecule has 4 rings (SSSR count). The van der Waals surface area contributed by atoms with Crippen molar-refractivity contribution in [2.45, 2.75) is 13.1 Å². The fourth-order valence-corrected chi connectivity index (χ4v) is 3.41. The predicted octanol–water partition coefficient (Wildman–Crippen LogP) is 5.76. The zero-order valence-corrected chi connectivity index (χ0v) is 19.6. The van der Waals surface area contributed by atoms with Crippen molar-refractivity contribution < 1.29 is 31.8 Å². The summed E-state index contributed by atoms with van der Waals surface area (Å²) in [6, 6.07) is 16.4. The molecule has 3 aromatic carbocycles. The molecule has 0 saturated carbocycles. The first-order chi connectivity index (χ1) is 17.7. The highest BCUT2D eigenvalue weighted by molar-refractivity contribution is 6.04. The van der Waals surface area contributed by atoms with Crippen LogP contribution in [0.3, 0.4) is 0 Å². The van der Waals surface area contributed by atoms with Gasteiger partial charge in [0.15, 0.2) is 5.82 Å². The van der Waals surface area contributed by atoms with Gasteiger partial charge < -0.3 is 14.8 Å². The van der Waals surface area contributed by atoms with Crippen molar-refractivity contribution >= 4 is 11.6 Å². The van der Waals surface area contributed by atoms with Crippen LogP contribution >= 0.6 is 0 Å². The molecule has 0 unspecified atom stereocenters. The first-order valence-corrected chi connectivity index (χ1v) is 11.3. The van der Waals surface area contributed by atoms with Gasteiger partial charge in [0.2, 0.25) is 0 Å². The van der Waals surface area contributed by atoms with Crippen molar-refractivity contribution in [2.75, 3.05) is 25.1 Å². The normalized spacial score (nSPS) is 11.4. The third kappa shape index (κ3) is 6.50. The Hall–Kier alpha value is -4.25. The molecule has 37 heavy (non-hydrogen) atoms. The Morgan fingerprint density at radius 3 is 2.46 bits per heavy atom. The number of benzene rings is 3. The van der Waals surface area contributed by atoms with Crippen LogP contribution in [-0.4, -0.2) is 40.5 Å². The van der Waals surface area contributed by atoms with Crippen molar-refractivity contribution in [1.29, 1.82) is 0 Å². The van der Waals surface area contributed by atoms with Gasteiger partial charge in [-0.3, -0.25) is 4.79 Å².